The van der Waals surface area contributed by atoms with Crippen LogP contribution < -0.4 is 0 Å². The molecule has 1 rings (SSSR count). The maximum Gasteiger partial charge on any atom is 0.309 e. The molecular weight excluding hydrogens is 174 g/mol. The molecule has 1 aliphatic rings. The highest BCUT2D eigenvalue weighted by Gasteiger charge is 2.38. The van der Waals surface area contributed by atoms with Crippen LogP contribution in [0.5, 0.6) is 0 Å². The van der Waals surface area contributed by atoms with Crippen molar-refractivity contribution in [3.05, 3.63) is 10.1 Å². The number of cyclic esters (lactones) is 1. The number of esters is 1. The molecule has 0 aromatic carbocycles. The van der Waals surface area contributed by atoms with Gasteiger partial charge in [-0.25, -0.2) is 0 Å². The maximum atomic E-state index is 11.2. The van der Waals surface area contributed by atoms with E-state index in [0.29, 0.717) is 6.42 Å². The van der Waals surface area contributed by atoms with Crippen molar-refractivity contribution >= 4 is 5.97 Å². The van der Waals surface area contributed by atoms with E-state index in [-0.39, 0.29) is 24.3 Å². The van der Waals surface area contributed by atoms with Gasteiger partial charge in [0.15, 0.2) is 6.10 Å². The van der Waals surface area contributed by atoms with E-state index in [4.69, 9.17) is 4.74 Å². The number of ether oxygens (including phenoxy) is 1. The van der Waals surface area contributed by atoms with Gasteiger partial charge in [0.05, 0.1) is 5.92 Å². The summed E-state index contributed by atoms with van der Waals surface area (Å²) in [5.41, 5.74) is 0. The first-order valence-electron chi connectivity index (χ1n) is 4.33. The third kappa shape index (κ3) is 2.40. The highest BCUT2D eigenvalue weighted by atomic mass is 16.6. The van der Waals surface area contributed by atoms with E-state index >= 15 is 0 Å². The number of hydrogen-bond acceptors (Lipinski definition) is 4. The van der Waals surface area contributed by atoms with E-state index in [1.807, 2.05) is 13.8 Å². The SMILES string of the molecule is CC(C)C1CC(C[N+](=O)[O-])OC1=O. The van der Waals surface area contributed by atoms with E-state index in [0.717, 1.165) is 0 Å². The number of nitro groups is 1. The summed E-state index contributed by atoms with van der Waals surface area (Å²) in [5.74, 6) is -0.254. The normalized spacial score (nSPS) is 27.8. The minimum atomic E-state index is -0.519. The van der Waals surface area contributed by atoms with Gasteiger partial charge in [-0.2, -0.15) is 0 Å². The Bertz CT molecular complexity index is 226. The largest absolute Gasteiger partial charge is 0.455 e. The lowest BCUT2D eigenvalue weighted by Crippen LogP contribution is -2.19. The lowest BCUT2D eigenvalue weighted by atomic mass is 9.93. The molecule has 0 aromatic heterocycles. The van der Waals surface area contributed by atoms with Crippen LogP contribution in [-0.4, -0.2) is 23.5 Å². The van der Waals surface area contributed by atoms with Crippen LogP contribution in [-0.2, 0) is 9.53 Å². The minimum absolute atomic E-state index is 0.162. The molecule has 0 spiro atoms. The molecule has 5 heteroatoms. The lowest BCUT2D eigenvalue weighted by molar-refractivity contribution is -0.489. The Hall–Kier alpha value is -1.13. The van der Waals surface area contributed by atoms with Crippen LogP contribution in [0.3, 0.4) is 0 Å². The van der Waals surface area contributed by atoms with Crippen molar-refractivity contribution in [2.75, 3.05) is 6.54 Å². The van der Waals surface area contributed by atoms with Gasteiger partial charge in [0.1, 0.15) is 0 Å². The summed E-state index contributed by atoms with van der Waals surface area (Å²) >= 11 is 0. The van der Waals surface area contributed by atoms with E-state index in [1.165, 1.54) is 0 Å². The van der Waals surface area contributed by atoms with Crippen LogP contribution in [0.15, 0.2) is 0 Å². The summed E-state index contributed by atoms with van der Waals surface area (Å²) in [7, 11) is 0. The number of hydrogen-bond donors (Lipinski definition) is 0. The number of carbonyl (C=O) groups is 1. The average molecular weight is 187 g/mol. The standard InChI is InChI=1S/C8H13NO4/c1-5(2)7-3-6(4-9(11)12)13-8(7)10/h5-7H,3-4H2,1-2H3. The van der Waals surface area contributed by atoms with Crippen molar-refractivity contribution in [2.45, 2.75) is 26.4 Å². The number of nitrogens with zero attached hydrogens (tertiary/aromatic N) is 1. The number of rotatable bonds is 3. The van der Waals surface area contributed by atoms with Crippen LogP contribution in [0.25, 0.3) is 0 Å². The summed E-state index contributed by atoms with van der Waals surface area (Å²) in [6, 6.07) is 0. The van der Waals surface area contributed by atoms with E-state index in [9.17, 15) is 14.9 Å². The summed E-state index contributed by atoms with van der Waals surface area (Å²) in [4.78, 5) is 20.9. The first kappa shape index (κ1) is 9.95. The van der Waals surface area contributed by atoms with Gasteiger partial charge in [-0.1, -0.05) is 13.8 Å². The molecule has 1 aliphatic heterocycles. The first-order chi connectivity index (χ1) is 6.00. The summed E-state index contributed by atoms with van der Waals surface area (Å²) in [6.07, 6.45) is -0.0350. The molecule has 74 valence electrons. The highest BCUT2D eigenvalue weighted by Crippen LogP contribution is 2.27. The Morgan fingerprint density at radius 1 is 1.69 bits per heavy atom. The van der Waals surface area contributed by atoms with Crippen LogP contribution in [0.4, 0.5) is 0 Å². The first-order valence-corrected chi connectivity index (χ1v) is 4.33. The smallest absolute Gasteiger partial charge is 0.309 e. The van der Waals surface area contributed by atoms with Crippen molar-refractivity contribution in [3.63, 3.8) is 0 Å². The van der Waals surface area contributed by atoms with Crippen LogP contribution in [0, 0.1) is 22.0 Å². The second-order valence-electron chi connectivity index (χ2n) is 3.66. The lowest BCUT2D eigenvalue weighted by Gasteiger charge is -2.07. The molecule has 1 saturated heterocycles. The van der Waals surface area contributed by atoms with E-state index < -0.39 is 11.0 Å². The van der Waals surface area contributed by atoms with Gasteiger partial charge in [0, 0.05) is 11.3 Å². The van der Waals surface area contributed by atoms with Gasteiger partial charge in [0.25, 0.3) is 0 Å². The van der Waals surface area contributed by atoms with Crippen LogP contribution in [0.2, 0.25) is 0 Å². The molecule has 2 atom stereocenters. The summed E-state index contributed by atoms with van der Waals surface area (Å²) in [6.45, 7) is 3.57. The zero-order valence-corrected chi connectivity index (χ0v) is 7.73. The Kier molecular flexibility index (Phi) is 2.85. The molecule has 13 heavy (non-hydrogen) atoms. The topological polar surface area (TPSA) is 69.4 Å². The fourth-order valence-corrected chi connectivity index (χ4v) is 1.50. The summed E-state index contributed by atoms with van der Waals surface area (Å²) in [5, 5.41) is 10.2. The minimum Gasteiger partial charge on any atom is -0.455 e. The number of carbonyl (C=O) groups excluding carboxylic acids is 1. The maximum absolute atomic E-state index is 11.2. The van der Waals surface area contributed by atoms with Crippen molar-refractivity contribution in [1.29, 1.82) is 0 Å². The van der Waals surface area contributed by atoms with Gasteiger partial charge >= 0.3 is 5.97 Å². The molecule has 0 aromatic rings. The van der Waals surface area contributed by atoms with Gasteiger partial charge in [0.2, 0.25) is 6.54 Å². The van der Waals surface area contributed by atoms with Gasteiger partial charge in [-0.15, -0.1) is 0 Å². The van der Waals surface area contributed by atoms with Crippen LogP contribution in [0.1, 0.15) is 20.3 Å². The van der Waals surface area contributed by atoms with Crippen molar-refractivity contribution < 1.29 is 14.5 Å². The Labute approximate surface area is 76.2 Å². The van der Waals surface area contributed by atoms with Crippen molar-refractivity contribution in [3.8, 4) is 0 Å². The molecule has 0 bridgehead atoms. The highest BCUT2D eigenvalue weighted by molar-refractivity contribution is 5.74. The second kappa shape index (κ2) is 3.72. The second-order valence-corrected chi connectivity index (χ2v) is 3.66. The molecule has 2 unspecified atom stereocenters. The predicted octanol–water partition coefficient (Wildman–Crippen LogP) is 0.851. The molecule has 0 saturated carbocycles. The van der Waals surface area contributed by atoms with Gasteiger partial charge < -0.3 is 4.74 Å². The predicted molar refractivity (Wildman–Crippen MR) is 44.7 cm³/mol. The quantitative estimate of drug-likeness (QED) is 0.373. The Morgan fingerprint density at radius 2 is 2.31 bits per heavy atom. The zero-order chi connectivity index (χ0) is 10.0. The Balaban J connectivity index is 2.50. The molecule has 1 heterocycles. The fourth-order valence-electron chi connectivity index (χ4n) is 1.50. The van der Waals surface area contributed by atoms with Crippen LogP contribution >= 0.6 is 0 Å². The molecule has 0 N–H and O–H groups in total. The zero-order valence-electron chi connectivity index (χ0n) is 7.73. The molecular formula is C8H13NO4. The molecule has 1 fully saturated rings. The molecule has 0 amide bonds. The summed E-state index contributed by atoms with van der Waals surface area (Å²) < 4.78 is 4.87. The Morgan fingerprint density at radius 3 is 2.69 bits per heavy atom. The third-order valence-electron chi connectivity index (χ3n) is 2.26. The van der Waals surface area contributed by atoms with Crippen molar-refractivity contribution in [1.82, 2.24) is 0 Å². The monoisotopic (exact) mass is 187 g/mol. The third-order valence-corrected chi connectivity index (χ3v) is 2.26. The molecule has 0 radical (unpaired) electrons. The van der Waals surface area contributed by atoms with Gasteiger partial charge in [-0.3, -0.25) is 14.9 Å². The van der Waals surface area contributed by atoms with Gasteiger partial charge in [-0.05, 0) is 5.92 Å². The van der Waals surface area contributed by atoms with E-state index in [2.05, 4.69) is 0 Å². The molecule has 5 nitrogen and oxygen atoms in total. The fraction of sp³-hybridized carbons (Fsp3) is 0.875. The van der Waals surface area contributed by atoms with Crippen molar-refractivity contribution in [2.24, 2.45) is 11.8 Å². The van der Waals surface area contributed by atoms with E-state index in [1.54, 1.807) is 0 Å². The average Bonchev–Trinajstić information content (AvgIpc) is 2.29. The molecule has 0 aliphatic carbocycles.